The fourth-order valence-corrected chi connectivity index (χ4v) is 3.71. The van der Waals surface area contributed by atoms with Crippen molar-refractivity contribution in [2.45, 2.75) is 37.4 Å². The summed E-state index contributed by atoms with van der Waals surface area (Å²) < 4.78 is 18.3. The van der Waals surface area contributed by atoms with E-state index in [-0.39, 0.29) is 18.9 Å². The van der Waals surface area contributed by atoms with Gasteiger partial charge in [0.15, 0.2) is 22.8 Å². The first kappa shape index (κ1) is 19.3. The third-order valence-electron chi connectivity index (χ3n) is 4.04. The van der Waals surface area contributed by atoms with Crippen molar-refractivity contribution in [1.82, 2.24) is 19.5 Å². The van der Waals surface area contributed by atoms with Gasteiger partial charge in [0.05, 0.1) is 19.0 Å². The zero-order chi connectivity index (χ0) is 18.9. The Hall–Kier alpha value is -1.49. The van der Waals surface area contributed by atoms with Crippen molar-refractivity contribution in [2.75, 3.05) is 23.5 Å². The zero-order valence-corrected chi connectivity index (χ0v) is 15.3. The maximum absolute atomic E-state index is 11.3. The summed E-state index contributed by atoms with van der Waals surface area (Å²) in [5, 5.41) is 13.2. The first-order valence-corrected chi connectivity index (χ1v) is 10.2. The van der Waals surface area contributed by atoms with Crippen molar-refractivity contribution in [3.8, 4) is 0 Å². The molecule has 13 heteroatoms. The van der Waals surface area contributed by atoms with E-state index in [0.717, 1.165) is 6.42 Å². The monoisotopic (exact) mass is 406 g/mol. The Morgan fingerprint density at radius 3 is 2.88 bits per heavy atom. The van der Waals surface area contributed by atoms with Crippen molar-refractivity contribution in [1.29, 1.82) is 0 Å². The van der Waals surface area contributed by atoms with E-state index in [9.17, 15) is 19.5 Å². The van der Waals surface area contributed by atoms with Crippen molar-refractivity contribution in [2.24, 2.45) is 0 Å². The Kier molecular flexibility index (Phi) is 5.66. The molecule has 2 aromatic heterocycles. The van der Waals surface area contributed by atoms with Gasteiger partial charge in [-0.2, -0.15) is 9.97 Å². The van der Waals surface area contributed by atoms with E-state index in [1.54, 1.807) is 4.57 Å². The van der Waals surface area contributed by atoms with Gasteiger partial charge >= 0.3 is 7.60 Å². The number of aliphatic hydroxyl groups excluding tert-OH is 1. The van der Waals surface area contributed by atoms with Crippen LogP contribution < -0.4 is 11.1 Å². The molecule has 0 spiro atoms. The van der Waals surface area contributed by atoms with E-state index in [4.69, 9.17) is 22.1 Å². The SMILES string of the molecule is Nc1nc(NCCCCl)c2ncn(C[C@H]3O[C@@H](P(=O)(O)O)C[C@@H]3O)c2n1. The number of aliphatic hydroxyl groups is 1. The lowest BCUT2D eigenvalue weighted by Gasteiger charge is -2.16. The van der Waals surface area contributed by atoms with Crippen LogP contribution in [0.2, 0.25) is 0 Å². The second kappa shape index (κ2) is 7.63. The number of hydrogen-bond acceptors (Lipinski definition) is 8. The molecular weight excluding hydrogens is 387 g/mol. The Morgan fingerprint density at radius 1 is 1.46 bits per heavy atom. The topological polar surface area (TPSA) is 169 Å². The number of imidazole rings is 1. The fraction of sp³-hybridized carbons (Fsp3) is 0.615. The van der Waals surface area contributed by atoms with E-state index in [1.807, 2.05) is 0 Å². The van der Waals surface area contributed by atoms with Crippen LogP contribution in [0.1, 0.15) is 12.8 Å². The highest BCUT2D eigenvalue weighted by Gasteiger charge is 2.43. The molecule has 0 aromatic carbocycles. The number of nitrogens with one attached hydrogen (secondary N) is 1. The number of nitrogens with two attached hydrogens (primary N) is 1. The number of anilines is 2. The zero-order valence-electron chi connectivity index (χ0n) is 13.7. The molecule has 0 saturated carbocycles. The van der Waals surface area contributed by atoms with Crippen LogP contribution in [-0.4, -0.2) is 64.9 Å². The molecule has 0 aliphatic carbocycles. The molecule has 3 heterocycles. The minimum absolute atomic E-state index is 0.0496. The fourth-order valence-electron chi connectivity index (χ4n) is 2.77. The Labute approximate surface area is 153 Å². The summed E-state index contributed by atoms with van der Waals surface area (Å²) in [4.78, 5) is 31.0. The number of nitrogens with zero attached hydrogens (tertiary/aromatic N) is 4. The first-order chi connectivity index (χ1) is 12.3. The summed E-state index contributed by atoms with van der Waals surface area (Å²) in [6.07, 6.45) is 0.287. The molecule has 1 saturated heterocycles. The van der Waals surface area contributed by atoms with Gasteiger partial charge in [-0.15, -0.1) is 11.6 Å². The number of rotatable bonds is 7. The average molecular weight is 407 g/mol. The largest absolute Gasteiger partial charge is 0.390 e. The predicted octanol–water partition coefficient (Wildman–Crippen LogP) is 0.103. The Balaban J connectivity index is 1.82. The molecule has 144 valence electrons. The van der Waals surface area contributed by atoms with E-state index in [1.165, 1.54) is 6.33 Å². The number of ether oxygens (including phenoxy) is 1. The van der Waals surface area contributed by atoms with Gasteiger partial charge in [0.1, 0.15) is 6.10 Å². The van der Waals surface area contributed by atoms with Crippen LogP contribution in [0, 0.1) is 0 Å². The number of hydrogen-bond donors (Lipinski definition) is 5. The minimum Gasteiger partial charge on any atom is -0.390 e. The highest BCUT2D eigenvalue weighted by molar-refractivity contribution is 7.52. The molecule has 0 amide bonds. The van der Waals surface area contributed by atoms with E-state index >= 15 is 0 Å². The molecule has 3 rings (SSSR count). The van der Waals surface area contributed by atoms with Crippen LogP contribution in [-0.2, 0) is 15.8 Å². The molecular formula is C13H20ClN6O5P. The van der Waals surface area contributed by atoms with Gasteiger partial charge in [0, 0.05) is 18.8 Å². The average Bonchev–Trinajstić information content (AvgIpc) is 3.12. The number of aromatic nitrogens is 4. The Bertz CT molecular complexity index is 829. The van der Waals surface area contributed by atoms with Crippen LogP contribution in [0.5, 0.6) is 0 Å². The number of halogens is 1. The first-order valence-electron chi connectivity index (χ1n) is 7.96. The molecule has 1 aliphatic heterocycles. The van der Waals surface area contributed by atoms with E-state index in [0.29, 0.717) is 29.4 Å². The quantitative estimate of drug-likeness (QED) is 0.241. The second-order valence-electron chi connectivity index (χ2n) is 5.99. The summed E-state index contributed by atoms with van der Waals surface area (Å²) >= 11 is 5.66. The molecule has 0 bridgehead atoms. The van der Waals surface area contributed by atoms with Gasteiger partial charge in [-0.25, -0.2) is 4.98 Å². The summed E-state index contributed by atoms with van der Waals surface area (Å²) in [6, 6.07) is 0. The molecule has 0 radical (unpaired) electrons. The molecule has 26 heavy (non-hydrogen) atoms. The lowest BCUT2D eigenvalue weighted by Crippen LogP contribution is -2.26. The molecule has 0 unspecified atom stereocenters. The van der Waals surface area contributed by atoms with Crippen molar-refractivity contribution < 1.29 is 24.2 Å². The molecule has 3 atom stereocenters. The molecule has 1 aliphatic rings. The lowest BCUT2D eigenvalue weighted by atomic mass is 10.2. The number of nitrogen functional groups attached to an aromatic ring is 1. The summed E-state index contributed by atoms with van der Waals surface area (Å²) in [6.45, 7) is 0.710. The normalized spacial score (nSPS) is 23.6. The van der Waals surface area contributed by atoms with Crippen molar-refractivity contribution in [3.63, 3.8) is 0 Å². The van der Waals surface area contributed by atoms with E-state index in [2.05, 4.69) is 20.3 Å². The highest BCUT2D eigenvalue weighted by atomic mass is 35.5. The summed E-state index contributed by atoms with van der Waals surface area (Å²) in [7, 11) is -4.43. The van der Waals surface area contributed by atoms with Crippen LogP contribution in [0.4, 0.5) is 11.8 Å². The van der Waals surface area contributed by atoms with Crippen molar-refractivity contribution in [3.05, 3.63) is 6.33 Å². The predicted molar refractivity (Wildman–Crippen MR) is 94.9 cm³/mol. The number of alkyl halides is 1. The van der Waals surface area contributed by atoms with Crippen LogP contribution in [0.25, 0.3) is 11.2 Å². The smallest absolute Gasteiger partial charge is 0.354 e. The van der Waals surface area contributed by atoms with Gasteiger partial charge < -0.3 is 35.2 Å². The summed E-state index contributed by atoms with van der Waals surface area (Å²) in [5.41, 5.74) is 6.68. The number of fused-ring (bicyclic) bond motifs is 1. The van der Waals surface area contributed by atoms with Crippen LogP contribution in [0.15, 0.2) is 6.33 Å². The summed E-state index contributed by atoms with van der Waals surface area (Å²) in [5.74, 6) is -0.293. The standard InChI is InChI=1S/C13H20ClN6O5P/c14-2-1-3-16-11-10-12(19-13(15)18-11)20(6-17-10)5-8-7(21)4-9(25-8)26(22,23)24/h6-9,21H,1-5H2,(H2,22,23,24)(H3,15,16,18,19)/t7-,8+,9-/m0/s1. The minimum atomic E-state index is -4.43. The third-order valence-corrected chi connectivity index (χ3v) is 5.39. The lowest BCUT2D eigenvalue weighted by molar-refractivity contribution is 0.0163. The molecule has 6 N–H and O–H groups in total. The van der Waals surface area contributed by atoms with Gasteiger partial charge in [-0.1, -0.05) is 0 Å². The van der Waals surface area contributed by atoms with Gasteiger partial charge in [-0.05, 0) is 6.42 Å². The second-order valence-corrected chi connectivity index (χ2v) is 8.12. The van der Waals surface area contributed by atoms with Gasteiger partial charge in [0.25, 0.3) is 0 Å². The molecule has 2 aromatic rings. The Morgan fingerprint density at radius 2 is 2.23 bits per heavy atom. The van der Waals surface area contributed by atoms with Crippen molar-refractivity contribution >= 4 is 42.1 Å². The third kappa shape index (κ3) is 4.08. The van der Waals surface area contributed by atoms with E-state index < -0.39 is 25.6 Å². The van der Waals surface area contributed by atoms with Crippen LogP contribution in [0.3, 0.4) is 0 Å². The maximum Gasteiger partial charge on any atom is 0.354 e. The molecule has 11 nitrogen and oxygen atoms in total. The van der Waals surface area contributed by atoms with Gasteiger partial charge in [-0.3, -0.25) is 4.57 Å². The van der Waals surface area contributed by atoms with Gasteiger partial charge in [0.2, 0.25) is 5.95 Å². The maximum atomic E-state index is 11.3. The molecule has 1 fully saturated rings. The highest BCUT2D eigenvalue weighted by Crippen LogP contribution is 2.48. The van der Waals surface area contributed by atoms with Crippen LogP contribution >= 0.6 is 19.2 Å².